The lowest BCUT2D eigenvalue weighted by Crippen LogP contribution is -2.31. The first kappa shape index (κ1) is 12.8. The Balaban J connectivity index is 2.83. The molecule has 1 aromatic heterocycles. The molecular formula is C11H16N2O2S. The molecule has 0 bridgehead atoms. The third-order valence-electron chi connectivity index (χ3n) is 2.28. The SMILES string of the molecule is CCCC(C)(Sc1ccc(N)nc1)C(=O)O. The van der Waals surface area contributed by atoms with Crippen molar-refractivity contribution < 1.29 is 9.90 Å². The highest BCUT2D eigenvalue weighted by Gasteiger charge is 2.33. The molecule has 3 N–H and O–H groups in total. The van der Waals surface area contributed by atoms with Crippen LogP contribution in [-0.2, 0) is 4.79 Å². The number of rotatable bonds is 5. The first-order valence-corrected chi connectivity index (χ1v) is 5.93. The van der Waals surface area contributed by atoms with Gasteiger partial charge in [0.05, 0.1) is 0 Å². The number of anilines is 1. The Morgan fingerprint density at radius 2 is 2.31 bits per heavy atom. The van der Waals surface area contributed by atoms with Crippen LogP contribution in [0, 0.1) is 0 Å². The van der Waals surface area contributed by atoms with Gasteiger partial charge < -0.3 is 10.8 Å². The summed E-state index contributed by atoms with van der Waals surface area (Å²) in [6.45, 7) is 3.71. The summed E-state index contributed by atoms with van der Waals surface area (Å²) in [6, 6.07) is 3.47. The zero-order valence-corrected chi connectivity index (χ0v) is 10.3. The molecule has 0 aliphatic rings. The van der Waals surface area contributed by atoms with Crippen LogP contribution in [0.1, 0.15) is 26.7 Å². The van der Waals surface area contributed by atoms with E-state index in [0.29, 0.717) is 12.2 Å². The Labute approximate surface area is 99.3 Å². The van der Waals surface area contributed by atoms with Crippen LogP contribution in [0.25, 0.3) is 0 Å². The van der Waals surface area contributed by atoms with Gasteiger partial charge in [0.25, 0.3) is 0 Å². The maximum Gasteiger partial charge on any atom is 0.319 e. The lowest BCUT2D eigenvalue weighted by molar-refractivity contribution is -0.139. The quantitative estimate of drug-likeness (QED) is 0.773. The van der Waals surface area contributed by atoms with Crippen LogP contribution in [0.15, 0.2) is 23.2 Å². The molecular weight excluding hydrogens is 224 g/mol. The van der Waals surface area contributed by atoms with Gasteiger partial charge in [-0.3, -0.25) is 4.79 Å². The molecule has 0 radical (unpaired) electrons. The Kier molecular flexibility index (Phi) is 4.18. The molecule has 1 atom stereocenters. The standard InChI is InChI=1S/C11H16N2O2S/c1-3-6-11(2,10(14)15)16-8-4-5-9(12)13-7-8/h4-5,7H,3,6H2,1-2H3,(H2,12,13)(H,14,15). The topological polar surface area (TPSA) is 76.2 Å². The number of nitrogens with two attached hydrogens (primary N) is 1. The minimum atomic E-state index is -0.799. The van der Waals surface area contributed by atoms with Crippen LogP contribution in [-0.4, -0.2) is 20.8 Å². The molecule has 0 aliphatic carbocycles. The molecule has 4 nitrogen and oxygen atoms in total. The fourth-order valence-corrected chi connectivity index (χ4v) is 2.55. The number of thioether (sulfide) groups is 1. The molecule has 1 aromatic rings. The number of hydrogen-bond acceptors (Lipinski definition) is 4. The summed E-state index contributed by atoms with van der Waals surface area (Å²) < 4.78 is -0.799. The normalized spacial score (nSPS) is 14.4. The highest BCUT2D eigenvalue weighted by molar-refractivity contribution is 8.01. The highest BCUT2D eigenvalue weighted by Crippen LogP contribution is 2.36. The van der Waals surface area contributed by atoms with Crippen molar-refractivity contribution in [2.45, 2.75) is 36.3 Å². The predicted octanol–water partition coefficient (Wildman–Crippen LogP) is 2.40. The molecule has 0 saturated heterocycles. The van der Waals surface area contributed by atoms with E-state index in [-0.39, 0.29) is 0 Å². The van der Waals surface area contributed by atoms with Gasteiger partial charge in [-0.1, -0.05) is 13.3 Å². The van der Waals surface area contributed by atoms with Crippen molar-refractivity contribution in [2.75, 3.05) is 5.73 Å². The number of carbonyl (C=O) groups is 1. The van der Waals surface area contributed by atoms with Crippen LogP contribution in [0.2, 0.25) is 0 Å². The van der Waals surface area contributed by atoms with E-state index in [2.05, 4.69) is 4.98 Å². The van der Waals surface area contributed by atoms with Crippen molar-refractivity contribution in [1.29, 1.82) is 0 Å². The molecule has 0 aliphatic heterocycles. The van der Waals surface area contributed by atoms with Gasteiger partial charge in [-0.05, 0) is 25.5 Å². The minimum Gasteiger partial charge on any atom is -0.480 e. The van der Waals surface area contributed by atoms with Crippen LogP contribution in [0.5, 0.6) is 0 Å². The van der Waals surface area contributed by atoms with Crippen molar-refractivity contribution >= 4 is 23.5 Å². The molecule has 0 spiro atoms. The van der Waals surface area contributed by atoms with Crippen molar-refractivity contribution in [3.63, 3.8) is 0 Å². The number of aromatic nitrogens is 1. The summed E-state index contributed by atoms with van der Waals surface area (Å²) in [5, 5.41) is 9.21. The number of carboxylic acids is 1. The fourth-order valence-electron chi connectivity index (χ4n) is 1.39. The Morgan fingerprint density at radius 3 is 2.75 bits per heavy atom. The molecule has 0 saturated carbocycles. The number of pyridine rings is 1. The van der Waals surface area contributed by atoms with Gasteiger partial charge in [-0.15, -0.1) is 11.8 Å². The maximum atomic E-state index is 11.2. The summed E-state index contributed by atoms with van der Waals surface area (Å²) in [5.74, 6) is -0.354. The average Bonchev–Trinajstić information content (AvgIpc) is 2.22. The van der Waals surface area contributed by atoms with Gasteiger partial charge in [0.1, 0.15) is 10.6 Å². The molecule has 16 heavy (non-hydrogen) atoms. The molecule has 0 fully saturated rings. The highest BCUT2D eigenvalue weighted by atomic mass is 32.2. The van der Waals surface area contributed by atoms with Gasteiger partial charge in [0.15, 0.2) is 0 Å². The maximum absolute atomic E-state index is 11.2. The Hall–Kier alpha value is -1.23. The first-order valence-electron chi connectivity index (χ1n) is 5.12. The monoisotopic (exact) mass is 240 g/mol. The number of aliphatic carboxylic acids is 1. The molecule has 0 amide bonds. The lowest BCUT2D eigenvalue weighted by Gasteiger charge is -2.23. The average molecular weight is 240 g/mol. The minimum absolute atomic E-state index is 0.442. The number of carboxylic acid groups (broad SMARTS) is 1. The summed E-state index contributed by atoms with van der Waals surface area (Å²) in [5.41, 5.74) is 5.47. The van der Waals surface area contributed by atoms with E-state index in [0.717, 1.165) is 11.3 Å². The van der Waals surface area contributed by atoms with Gasteiger partial charge in [-0.25, -0.2) is 4.98 Å². The zero-order valence-electron chi connectivity index (χ0n) is 9.43. The fraction of sp³-hybridized carbons (Fsp3) is 0.455. The lowest BCUT2D eigenvalue weighted by atomic mass is 10.1. The van der Waals surface area contributed by atoms with E-state index in [1.54, 1.807) is 25.3 Å². The van der Waals surface area contributed by atoms with Crippen molar-refractivity contribution in [2.24, 2.45) is 0 Å². The zero-order chi connectivity index (χ0) is 12.2. The van der Waals surface area contributed by atoms with Crippen LogP contribution >= 0.6 is 11.8 Å². The summed E-state index contributed by atoms with van der Waals surface area (Å²) in [7, 11) is 0. The largest absolute Gasteiger partial charge is 0.480 e. The molecule has 5 heteroatoms. The van der Waals surface area contributed by atoms with E-state index < -0.39 is 10.7 Å². The molecule has 1 heterocycles. The van der Waals surface area contributed by atoms with Crippen LogP contribution in [0.3, 0.4) is 0 Å². The summed E-state index contributed by atoms with van der Waals surface area (Å²) >= 11 is 1.31. The number of hydrogen-bond donors (Lipinski definition) is 2. The van der Waals surface area contributed by atoms with Crippen molar-refractivity contribution in [3.8, 4) is 0 Å². The smallest absolute Gasteiger partial charge is 0.319 e. The van der Waals surface area contributed by atoms with E-state index in [1.165, 1.54) is 11.8 Å². The number of nitrogen functional groups attached to an aromatic ring is 1. The van der Waals surface area contributed by atoms with E-state index in [9.17, 15) is 9.90 Å². The van der Waals surface area contributed by atoms with Crippen molar-refractivity contribution in [1.82, 2.24) is 4.98 Å². The number of nitrogens with zero attached hydrogens (tertiary/aromatic N) is 1. The second-order valence-corrected chi connectivity index (χ2v) is 5.38. The van der Waals surface area contributed by atoms with Crippen LogP contribution in [0.4, 0.5) is 5.82 Å². The Bertz CT molecular complexity index is 367. The van der Waals surface area contributed by atoms with E-state index in [1.807, 2.05) is 6.92 Å². The van der Waals surface area contributed by atoms with Gasteiger partial charge >= 0.3 is 5.97 Å². The third-order valence-corrected chi connectivity index (χ3v) is 3.59. The van der Waals surface area contributed by atoms with Crippen LogP contribution < -0.4 is 5.73 Å². The summed E-state index contributed by atoms with van der Waals surface area (Å²) in [4.78, 5) is 16.0. The predicted molar refractivity (Wildman–Crippen MR) is 65.5 cm³/mol. The molecule has 1 rings (SSSR count). The second-order valence-electron chi connectivity index (χ2n) is 3.81. The van der Waals surface area contributed by atoms with E-state index in [4.69, 9.17) is 5.73 Å². The first-order chi connectivity index (χ1) is 7.48. The molecule has 88 valence electrons. The third kappa shape index (κ3) is 3.13. The second kappa shape index (κ2) is 5.21. The summed E-state index contributed by atoms with van der Waals surface area (Å²) in [6.07, 6.45) is 3.06. The van der Waals surface area contributed by atoms with Gasteiger partial charge in [-0.2, -0.15) is 0 Å². The molecule has 0 aromatic carbocycles. The van der Waals surface area contributed by atoms with Gasteiger partial charge in [0.2, 0.25) is 0 Å². The molecule has 1 unspecified atom stereocenters. The Morgan fingerprint density at radius 1 is 1.62 bits per heavy atom. The van der Waals surface area contributed by atoms with E-state index >= 15 is 0 Å². The van der Waals surface area contributed by atoms with Gasteiger partial charge in [0, 0.05) is 11.1 Å². The van der Waals surface area contributed by atoms with Crippen molar-refractivity contribution in [3.05, 3.63) is 18.3 Å².